The summed E-state index contributed by atoms with van der Waals surface area (Å²) in [6.45, 7) is 0. The first-order valence-electron chi connectivity index (χ1n) is 2.01. The molecule has 0 aliphatic carbocycles. The van der Waals surface area contributed by atoms with Gasteiger partial charge in [-0.25, -0.2) is 0 Å². The third-order valence-corrected chi connectivity index (χ3v) is 0.262. The van der Waals surface area contributed by atoms with Gasteiger partial charge < -0.3 is 15.9 Å². The number of nitriles is 1. The normalized spacial score (nSPS) is 7.55. The molecule has 0 aromatic rings. The first-order valence-corrected chi connectivity index (χ1v) is 2.83. The molecule has 60 valence electrons. The summed E-state index contributed by atoms with van der Waals surface area (Å²) >= 11 is 7.88. The second-order valence-electron chi connectivity index (χ2n) is 0.921. The lowest BCUT2D eigenvalue weighted by molar-refractivity contribution is 0.556. The molecule has 0 saturated carbocycles. The maximum absolute atomic E-state index is 8.00. The van der Waals surface area contributed by atoms with E-state index in [1.54, 1.807) is 0 Å². The Hall–Kier alpha value is -1.33. The molecule has 0 aromatic carbocycles. The van der Waals surface area contributed by atoms with Gasteiger partial charge in [-0.05, 0) is 24.4 Å². The molecular weight excluding hydrogens is 188 g/mol. The van der Waals surface area contributed by atoms with Crippen molar-refractivity contribution in [1.29, 1.82) is 5.26 Å². The highest BCUT2D eigenvalue weighted by molar-refractivity contribution is 7.80. The molecule has 0 radical (unpaired) electrons. The van der Waals surface area contributed by atoms with E-state index in [-0.39, 0.29) is 0 Å². The van der Waals surface area contributed by atoms with Crippen molar-refractivity contribution in [3.8, 4) is 6.19 Å². The van der Waals surface area contributed by atoms with Crippen LogP contribution in [0.25, 0.3) is 0 Å². The number of thiocarbonyl (C=S) groups is 2. The van der Waals surface area contributed by atoms with Crippen molar-refractivity contribution in [2.24, 2.45) is 16.0 Å². The van der Waals surface area contributed by atoms with Crippen molar-refractivity contribution in [3.63, 3.8) is 0 Å². The number of aliphatic hydroxyl groups is 2. The average Bonchev–Trinajstić information content (AvgIpc) is 1.82. The third kappa shape index (κ3) is 54.1. The van der Waals surface area contributed by atoms with Gasteiger partial charge in [0.1, 0.15) is 0 Å². The quantitative estimate of drug-likeness (QED) is 0.293. The molecule has 11 heavy (non-hydrogen) atoms. The van der Waals surface area contributed by atoms with Gasteiger partial charge in [0.2, 0.25) is 6.19 Å². The van der Waals surface area contributed by atoms with Gasteiger partial charge in [-0.1, -0.05) is 10.2 Å². The van der Waals surface area contributed by atoms with Crippen LogP contribution < -0.4 is 5.73 Å². The summed E-state index contributed by atoms with van der Waals surface area (Å²) in [5.74, 6) is 0. The zero-order chi connectivity index (χ0) is 9.28. The van der Waals surface area contributed by atoms with E-state index >= 15 is 0 Å². The van der Waals surface area contributed by atoms with Crippen LogP contribution in [0.15, 0.2) is 10.2 Å². The summed E-state index contributed by atoms with van der Waals surface area (Å²) in [7, 11) is 0. The van der Waals surface area contributed by atoms with E-state index in [1.165, 1.54) is 6.19 Å². The minimum Gasteiger partial charge on any atom is -0.487 e. The van der Waals surface area contributed by atoms with E-state index < -0.39 is 10.3 Å². The van der Waals surface area contributed by atoms with E-state index in [9.17, 15) is 0 Å². The van der Waals surface area contributed by atoms with Crippen LogP contribution in [0, 0.1) is 11.5 Å². The number of rotatable bonds is 0. The van der Waals surface area contributed by atoms with E-state index in [1.807, 2.05) is 0 Å². The summed E-state index contributed by atoms with van der Waals surface area (Å²) in [5.41, 5.74) is 4.40. The molecule has 0 atom stereocenters. The van der Waals surface area contributed by atoms with Gasteiger partial charge in [-0.15, -0.1) is 0 Å². The molecule has 6 nitrogen and oxygen atoms in total. The minimum absolute atomic E-state index is 0.500. The van der Waals surface area contributed by atoms with Crippen LogP contribution in [0.2, 0.25) is 0 Å². The molecule has 0 bridgehead atoms. The monoisotopic (exact) mass is 192 g/mol. The van der Waals surface area contributed by atoms with Crippen molar-refractivity contribution >= 4 is 34.8 Å². The van der Waals surface area contributed by atoms with Gasteiger partial charge in [0.25, 0.3) is 5.17 Å². The Morgan fingerprint density at radius 3 is 1.91 bits per heavy atom. The summed E-state index contributed by atoms with van der Waals surface area (Å²) in [5, 5.41) is 27.6. The Morgan fingerprint density at radius 1 is 1.45 bits per heavy atom. The number of nitrogens with two attached hydrogens (primary N) is 1. The Balaban J connectivity index is 0. The zero-order valence-corrected chi connectivity index (χ0v) is 6.76. The van der Waals surface area contributed by atoms with Crippen LogP contribution >= 0.6 is 24.4 Å². The van der Waals surface area contributed by atoms with Crippen molar-refractivity contribution in [3.05, 3.63) is 0 Å². The second kappa shape index (κ2) is 8.67. The summed E-state index contributed by atoms with van der Waals surface area (Å²) in [6.07, 6.45) is 1.31. The second-order valence-corrected chi connectivity index (χ2v) is 1.70. The van der Waals surface area contributed by atoms with Crippen molar-refractivity contribution in [2.45, 2.75) is 0 Å². The lowest BCUT2D eigenvalue weighted by atomic mass is 11.3. The lowest BCUT2D eigenvalue weighted by Gasteiger charge is -1.70. The molecule has 0 amide bonds. The smallest absolute Gasteiger partial charge is 0.300 e. The number of hydrogen-bond donors (Lipinski definition) is 3. The maximum atomic E-state index is 8.00. The fourth-order valence-electron chi connectivity index (χ4n) is 0.0651. The average molecular weight is 192 g/mol. The molecule has 0 spiro atoms. The number of aliphatic hydroxyl groups excluding tert-OH is 2. The lowest BCUT2D eigenvalue weighted by Crippen LogP contribution is -2.03. The zero-order valence-electron chi connectivity index (χ0n) is 5.13. The van der Waals surface area contributed by atoms with E-state index in [0.717, 1.165) is 0 Å². The molecule has 0 aromatic heterocycles. The van der Waals surface area contributed by atoms with Gasteiger partial charge in [0, 0.05) is 0 Å². The molecule has 0 heterocycles. The van der Waals surface area contributed by atoms with Crippen LogP contribution in [0.4, 0.5) is 0 Å². The van der Waals surface area contributed by atoms with Gasteiger partial charge in [0.15, 0.2) is 0 Å². The maximum Gasteiger partial charge on any atom is 0.300 e. The van der Waals surface area contributed by atoms with Crippen LogP contribution in [0.1, 0.15) is 0 Å². The molecule has 0 fully saturated rings. The Kier molecular flexibility index (Phi) is 9.74. The summed E-state index contributed by atoms with van der Waals surface area (Å²) < 4.78 is 0. The highest BCUT2D eigenvalue weighted by Gasteiger charge is 1.76. The molecule has 4 N–H and O–H groups in total. The standard InChI is InChI=1S/C2HN3OS.CH3NOS/c3-1-4-5-2(6)7;2-1(3)4/h(H,6,7);(H3,2,3,4). The molecule has 8 heteroatoms. The number of azo groups is 1. The predicted octanol–water partition coefficient (Wildman–Crippen LogP) is 0.551. The largest absolute Gasteiger partial charge is 0.487 e. The summed E-state index contributed by atoms with van der Waals surface area (Å²) in [4.78, 5) is 0. The van der Waals surface area contributed by atoms with E-state index in [2.05, 4.69) is 40.4 Å². The Labute approximate surface area is 73.0 Å². The van der Waals surface area contributed by atoms with Crippen LogP contribution in [-0.2, 0) is 0 Å². The summed E-state index contributed by atoms with van der Waals surface area (Å²) in [6, 6.07) is 0. The van der Waals surface area contributed by atoms with Crippen LogP contribution in [0.5, 0.6) is 0 Å². The van der Waals surface area contributed by atoms with Crippen LogP contribution in [0.3, 0.4) is 0 Å². The fraction of sp³-hybridized carbons (Fsp3) is 0. The van der Waals surface area contributed by atoms with Crippen LogP contribution in [-0.4, -0.2) is 20.6 Å². The molecular formula is C3H4N4O2S2. The van der Waals surface area contributed by atoms with Gasteiger partial charge >= 0.3 is 5.17 Å². The van der Waals surface area contributed by atoms with E-state index in [4.69, 9.17) is 15.5 Å². The number of hydrogen-bond acceptors (Lipinski definition) is 4. The fourth-order valence-corrected chi connectivity index (χ4v) is 0.106. The van der Waals surface area contributed by atoms with Crippen molar-refractivity contribution in [1.82, 2.24) is 0 Å². The van der Waals surface area contributed by atoms with Gasteiger partial charge in [0.05, 0.1) is 0 Å². The van der Waals surface area contributed by atoms with Gasteiger partial charge in [-0.2, -0.15) is 5.26 Å². The minimum atomic E-state index is -0.624. The number of nitrogens with zero attached hydrogens (tertiary/aromatic N) is 3. The van der Waals surface area contributed by atoms with Gasteiger partial charge in [-0.3, -0.25) is 0 Å². The highest BCUT2D eigenvalue weighted by Crippen LogP contribution is 1.72. The molecule has 0 saturated heterocycles. The van der Waals surface area contributed by atoms with Crippen molar-refractivity contribution in [2.75, 3.05) is 0 Å². The van der Waals surface area contributed by atoms with E-state index in [0.29, 0.717) is 0 Å². The topological polar surface area (TPSA) is 115 Å². The molecule has 0 rings (SSSR count). The first kappa shape index (κ1) is 12.4. The Morgan fingerprint density at radius 2 is 1.82 bits per heavy atom. The molecule has 0 unspecified atom stereocenters. The predicted molar refractivity (Wildman–Crippen MR) is 45.1 cm³/mol. The Bertz CT molecular complexity index is 204. The SMILES string of the molecule is N#CN=NC(O)=S.NC(O)=S. The van der Waals surface area contributed by atoms with Crippen molar-refractivity contribution < 1.29 is 10.2 Å². The third-order valence-electron chi connectivity index (χ3n) is 0.180. The molecule has 0 aliphatic rings. The highest BCUT2D eigenvalue weighted by atomic mass is 32.1. The molecule has 0 aliphatic heterocycles. The first-order chi connectivity index (χ1) is 5.00.